The van der Waals surface area contributed by atoms with Crippen molar-refractivity contribution in [1.29, 1.82) is 0 Å². The zero-order valence-corrected chi connectivity index (χ0v) is 9.63. The molecule has 0 aliphatic carbocycles. The van der Waals surface area contributed by atoms with Crippen LogP contribution in [-0.2, 0) is 6.54 Å². The third-order valence-electron chi connectivity index (χ3n) is 2.43. The van der Waals surface area contributed by atoms with Gasteiger partial charge in [0.2, 0.25) is 0 Å². The fraction of sp³-hybridized carbons (Fsp3) is 0.0769. The molecule has 18 heavy (non-hydrogen) atoms. The topological polar surface area (TPSA) is 88.2 Å². The number of nitrogens with zero attached hydrogens (tertiary/aromatic N) is 1. The molecule has 4 N–H and O–H groups in total. The molecule has 0 aliphatic heterocycles. The minimum atomic E-state index is -0.275. The van der Waals surface area contributed by atoms with Crippen molar-refractivity contribution in [2.45, 2.75) is 6.54 Å². The fourth-order valence-corrected chi connectivity index (χ4v) is 1.42. The van der Waals surface area contributed by atoms with Crippen LogP contribution in [0, 0.1) is 0 Å². The van der Waals surface area contributed by atoms with Gasteiger partial charge in [0.15, 0.2) is 0 Å². The number of amides is 1. The first-order chi connectivity index (χ1) is 8.69. The predicted octanol–water partition coefficient (Wildman–Crippen LogP) is 1.50. The van der Waals surface area contributed by atoms with Crippen LogP contribution in [0.1, 0.15) is 15.9 Å². The van der Waals surface area contributed by atoms with E-state index < -0.39 is 0 Å². The summed E-state index contributed by atoms with van der Waals surface area (Å²) in [5.74, 6) is 0.310. The molecule has 2 aromatic rings. The summed E-state index contributed by atoms with van der Waals surface area (Å²) in [6.45, 7) is 0.416. The number of pyridine rings is 1. The molecule has 5 nitrogen and oxygen atoms in total. The van der Waals surface area contributed by atoms with Gasteiger partial charge in [-0.25, -0.2) is 4.98 Å². The molecular weight excluding hydrogens is 230 g/mol. The Labute approximate surface area is 104 Å². The number of nitrogens with two attached hydrogens (primary N) is 1. The molecule has 1 aromatic carbocycles. The van der Waals surface area contributed by atoms with Crippen molar-refractivity contribution in [3.8, 4) is 5.75 Å². The molecule has 0 radical (unpaired) electrons. The molecular formula is C13H13N3O2. The van der Waals surface area contributed by atoms with E-state index in [1.807, 2.05) is 0 Å². The third kappa shape index (κ3) is 2.83. The Bertz CT molecular complexity index is 535. The Balaban J connectivity index is 2.08. The second-order valence-electron chi connectivity index (χ2n) is 3.76. The summed E-state index contributed by atoms with van der Waals surface area (Å²) in [7, 11) is 0. The molecule has 0 fully saturated rings. The number of aromatic nitrogens is 1. The molecule has 1 amide bonds. The van der Waals surface area contributed by atoms with Gasteiger partial charge in [-0.15, -0.1) is 0 Å². The zero-order valence-electron chi connectivity index (χ0n) is 9.63. The molecule has 5 heteroatoms. The number of carbonyl (C=O) groups is 1. The maximum Gasteiger partial charge on any atom is 0.256 e. The van der Waals surface area contributed by atoms with Crippen molar-refractivity contribution in [3.63, 3.8) is 0 Å². The van der Waals surface area contributed by atoms with Crippen molar-refractivity contribution >= 4 is 11.7 Å². The number of hydrogen-bond donors (Lipinski definition) is 3. The number of phenolic OH excluding ortho intramolecular Hbond substituents is 1. The highest BCUT2D eigenvalue weighted by Gasteiger charge is 2.06. The number of carbonyl (C=O) groups excluding carboxylic acids is 1. The average Bonchev–Trinajstić information content (AvgIpc) is 2.40. The average molecular weight is 243 g/mol. The number of phenols is 1. The van der Waals surface area contributed by atoms with Crippen LogP contribution in [0.3, 0.4) is 0 Å². The number of benzene rings is 1. The van der Waals surface area contributed by atoms with E-state index in [1.165, 1.54) is 12.1 Å². The number of anilines is 1. The predicted molar refractivity (Wildman–Crippen MR) is 68.2 cm³/mol. The van der Waals surface area contributed by atoms with Crippen LogP contribution in [0.25, 0.3) is 0 Å². The quantitative estimate of drug-likeness (QED) is 0.762. The lowest BCUT2D eigenvalue weighted by Crippen LogP contribution is -2.12. The van der Waals surface area contributed by atoms with Crippen LogP contribution in [0.4, 0.5) is 5.82 Å². The summed E-state index contributed by atoms with van der Waals surface area (Å²) in [6, 6.07) is 9.50. The van der Waals surface area contributed by atoms with Gasteiger partial charge in [-0.3, -0.25) is 4.79 Å². The first-order valence-corrected chi connectivity index (χ1v) is 5.44. The highest BCUT2D eigenvalue weighted by Crippen LogP contribution is 2.11. The molecule has 0 bridgehead atoms. The van der Waals surface area contributed by atoms with E-state index in [0.29, 0.717) is 17.9 Å². The molecule has 1 heterocycles. The standard InChI is InChI=1S/C13H13N3O2/c14-7-9-1-6-12(15-8-9)16-13(18)10-2-4-11(17)5-3-10/h1-6,8,17H,7,14H2,(H,15,16,18). The van der Waals surface area contributed by atoms with Crippen molar-refractivity contribution in [2.75, 3.05) is 5.32 Å². The molecule has 0 spiro atoms. The Morgan fingerprint density at radius 2 is 1.94 bits per heavy atom. The lowest BCUT2D eigenvalue weighted by atomic mass is 10.2. The highest BCUT2D eigenvalue weighted by atomic mass is 16.3. The molecule has 1 aromatic heterocycles. The number of rotatable bonds is 3. The monoisotopic (exact) mass is 243 g/mol. The number of nitrogens with one attached hydrogen (secondary N) is 1. The minimum Gasteiger partial charge on any atom is -0.508 e. The third-order valence-corrected chi connectivity index (χ3v) is 2.43. The normalized spacial score (nSPS) is 10.1. The van der Waals surface area contributed by atoms with E-state index in [9.17, 15) is 4.79 Å². The summed E-state index contributed by atoms with van der Waals surface area (Å²) < 4.78 is 0. The van der Waals surface area contributed by atoms with E-state index >= 15 is 0 Å². The van der Waals surface area contributed by atoms with Gasteiger partial charge >= 0.3 is 0 Å². The van der Waals surface area contributed by atoms with Gasteiger partial charge in [0.25, 0.3) is 5.91 Å². The molecule has 0 unspecified atom stereocenters. The van der Waals surface area contributed by atoms with E-state index in [4.69, 9.17) is 10.8 Å². The SMILES string of the molecule is NCc1ccc(NC(=O)c2ccc(O)cc2)nc1. The molecule has 0 saturated heterocycles. The van der Waals surface area contributed by atoms with Gasteiger partial charge in [-0.1, -0.05) is 6.07 Å². The van der Waals surface area contributed by atoms with Gasteiger partial charge in [0.05, 0.1) is 0 Å². The van der Waals surface area contributed by atoms with Crippen molar-refractivity contribution in [3.05, 3.63) is 53.7 Å². The molecule has 0 saturated carbocycles. The molecule has 92 valence electrons. The minimum absolute atomic E-state index is 0.122. The Morgan fingerprint density at radius 1 is 1.22 bits per heavy atom. The van der Waals surface area contributed by atoms with Crippen LogP contribution in [0.2, 0.25) is 0 Å². The van der Waals surface area contributed by atoms with Gasteiger partial charge in [0, 0.05) is 18.3 Å². The van der Waals surface area contributed by atoms with Crippen molar-refractivity contribution < 1.29 is 9.90 Å². The summed E-state index contributed by atoms with van der Waals surface area (Å²) in [6.07, 6.45) is 1.62. The van der Waals surface area contributed by atoms with E-state index in [0.717, 1.165) is 5.56 Å². The largest absolute Gasteiger partial charge is 0.508 e. The summed E-state index contributed by atoms with van der Waals surface area (Å²) >= 11 is 0. The Kier molecular flexibility index (Phi) is 3.54. The maximum atomic E-state index is 11.8. The second kappa shape index (κ2) is 5.29. The maximum absolute atomic E-state index is 11.8. The summed E-state index contributed by atoms with van der Waals surface area (Å²) in [5, 5.41) is 11.8. The van der Waals surface area contributed by atoms with E-state index in [1.54, 1.807) is 30.5 Å². The summed E-state index contributed by atoms with van der Waals surface area (Å²) in [4.78, 5) is 15.9. The fourth-order valence-electron chi connectivity index (χ4n) is 1.42. The second-order valence-corrected chi connectivity index (χ2v) is 3.76. The van der Waals surface area contributed by atoms with Gasteiger partial charge < -0.3 is 16.2 Å². The van der Waals surface area contributed by atoms with E-state index in [-0.39, 0.29) is 11.7 Å². The Hall–Kier alpha value is -2.40. The number of hydrogen-bond acceptors (Lipinski definition) is 4. The number of aromatic hydroxyl groups is 1. The lowest BCUT2D eigenvalue weighted by molar-refractivity contribution is 0.102. The first-order valence-electron chi connectivity index (χ1n) is 5.44. The van der Waals surface area contributed by atoms with Crippen LogP contribution in [0.15, 0.2) is 42.6 Å². The lowest BCUT2D eigenvalue weighted by Gasteiger charge is -2.05. The van der Waals surface area contributed by atoms with E-state index in [2.05, 4.69) is 10.3 Å². The van der Waals surface area contributed by atoms with Gasteiger partial charge in [-0.2, -0.15) is 0 Å². The van der Waals surface area contributed by atoms with Crippen LogP contribution >= 0.6 is 0 Å². The molecule has 2 rings (SSSR count). The Morgan fingerprint density at radius 3 is 2.50 bits per heavy atom. The van der Waals surface area contributed by atoms with Gasteiger partial charge in [-0.05, 0) is 35.9 Å². The van der Waals surface area contributed by atoms with Crippen molar-refractivity contribution in [2.24, 2.45) is 5.73 Å². The molecule has 0 aliphatic rings. The van der Waals surface area contributed by atoms with Gasteiger partial charge in [0.1, 0.15) is 11.6 Å². The summed E-state index contributed by atoms with van der Waals surface area (Å²) in [5.41, 5.74) is 6.81. The van der Waals surface area contributed by atoms with Crippen LogP contribution in [-0.4, -0.2) is 16.0 Å². The first kappa shape index (κ1) is 12.1. The van der Waals surface area contributed by atoms with Crippen LogP contribution < -0.4 is 11.1 Å². The van der Waals surface area contributed by atoms with Crippen molar-refractivity contribution in [1.82, 2.24) is 4.98 Å². The molecule has 0 atom stereocenters. The zero-order chi connectivity index (χ0) is 13.0. The highest BCUT2D eigenvalue weighted by molar-refractivity contribution is 6.03. The smallest absolute Gasteiger partial charge is 0.256 e. The van der Waals surface area contributed by atoms with Crippen LogP contribution in [0.5, 0.6) is 5.75 Å².